The lowest BCUT2D eigenvalue weighted by Crippen LogP contribution is -2.07. The summed E-state index contributed by atoms with van der Waals surface area (Å²) in [6, 6.07) is 9.07. The number of aromatic hydroxyl groups is 1. The second kappa shape index (κ2) is 5.86. The number of phenols is 1. The van der Waals surface area contributed by atoms with E-state index in [1.54, 1.807) is 12.1 Å². The third-order valence-electron chi connectivity index (χ3n) is 2.58. The van der Waals surface area contributed by atoms with Crippen molar-refractivity contribution in [3.63, 3.8) is 0 Å². The summed E-state index contributed by atoms with van der Waals surface area (Å²) in [5, 5.41) is 15.4. The summed E-state index contributed by atoms with van der Waals surface area (Å²) in [5.41, 5.74) is 1.17. The maximum atomic E-state index is 9.18. The van der Waals surface area contributed by atoms with E-state index in [-0.39, 0.29) is 0 Å². The topological polar surface area (TPSA) is 70.1 Å². The molecule has 0 radical (unpaired) electrons. The van der Waals surface area contributed by atoms with Crippen LogP contribution in [0.1, 0.15) is 5.56 Å². The fraction of sp³-hybridized carbons (Fsp3) is 0.231. The molecule has 1 heterocycles. The molecular formula is C13H16N4O. The van der Waals surface area contributed by atoms with Crippen LogP contribution in [0.4, 0.5) is 11.6 Å². The van der Waals surface area contributed by atoms with Gasteiger partial charge in [-0.15, -0.1) is 0 Å². The van der Waals surface area contributed by atoms with Gasteiger partial charge in [0.25, 0.3) is 0 Å². The lowest BCUT2D eigenvalue weighted by molar-refractivity contribution is 0.475. The molecule has 2 rings (SSSR count). The first kappa shape index (κ1) is 12.2. The fourth-order valence-corrected chi connectivity index (χ4v) is 1.59. The molecule has 0 saturated heterocycles. The van der Waals surface area contributed by atoms with Gasteiger partial charge in [0.2, 0.25) is 0 Å². The first-order valence-electron chi connectivity index (χ1n) is 5.79. The van der Waals surface area contributed by atoms with Crippen LogP contribution in [-0.4, -0.2) is 28.7 Å². The van der Waals surface area contributed by atoms with Gasteiger partial charge in [-0.1, -0.05) is 12.1 Å². The van der Waals surface area contributed by atoms with Crippen LogP contribution in [0.2, 0.25) is 0 Å². The quantitative estimate of drug-likeness (QED) is 0.749. The van der Waals surface area contributed by atoms with Crippen molar-refractivity contribution >= 4 is 11.6 Å². The maximum absolute atomic E-state index is 9.18. The van der Waals surface area contributed by atoms with Gasteiger partial charge in [0.15, 0.2) is 0 Å². The number of benzene rings is 1. The first-order chi connectivity index (χ1) is 8.78. The Kier molecular flexibility index (Phi) is 3.96. The molecule has 0 unspecified atom stereocenters. The molecule has 1 aromatic heterocycles. The van der Waals surface area contributed by atoms with Crippen molar-refractivity contribution in [2.45, 2.75) is 6.42 Å². The minimum absolute atomic E-state index is 0.293. The van der Waals surface area contributed by atoms with E-state index < -0.39 is 0 Å². The summed E-state index contributed by atoms with van der Waals surface area (Å²) in [6.45, 7) is 0.783. The molecule has 5 heteroatoms. The van der Waals surface area contributed by atoms with Gasteiger partial charge in [-0.25, -0.2) is 9.97 Å². The van der Waals surface area contributed by atoms with Gasteiger partial charge in [0, 0.05) is 19.7 Å². The van der Waals surface area contributed by atoms with Crippen LogP contribution in [-0.2, 0) is 6.42 Å². The van der Waals surface area contributed by atoms with Crippen molar-refractivity contribution in [3.05, 3.63) is 42.2 Å². The monoisotopic (exact) mass is 244 g/mol. The normalized spacial score (nSPS) is 10.1. The average Bonchev–Trinajstić information content (AvgIpc) is 2.41. The highest BCUT2D eigenvalue weighted by Crippen LogP contribution is 2.11. The van der Waals surface area contributed by atoms with Crippen molar-refractivity contribution in [2.24, 2.45) is 0 Å². The number of nitrogens with one attached hydrogen (secondary N) is 2. The first-order valence-corrected chi connectivity index (χ1v) is 5.79. The van der Waals surface area contributed by atoms with Crippen molar-refractivity contribution in [3.8, 4) is 5.75 Å². The van der Waals surface area contributed by atoms with Crippen molar-refractivity contribution < 1.29 is 5.11 Å². The number of rotatable bonds is 5. The van der Waals surface area contributed by atoms with E-state index in [0.717, 1.165) is 24.6 Å². The lowest BCUT2D eigenvalue weighted by Gasteiger charge is -2.06. The molecule has 0 aliphatic heterocycles. The highest BCUT2D eigenvalue weighted by atomic mass is 16.3. The number of aromatic nitrogens is 2. The van der Waals surface area contributed by atoms with Crippen molar-refractivity contribution in [2.75, 3.05) is 24.2 Å². The highest BCUT2D eigenvalue weighted by Gasteiger charge is 1.97. The zero-order chi connectivity index (χ0) is 12.8. The molecule has 18 heavy (non-hydrogen) atoms. The van der Waals surface area contributed by atoms with E-state index >= 15 is 0 Å². The van der Waals surface area contributed by atoms with Crippen LogP contribution in [0.3, 0.4) is 0 Å². The van der Waals surface area contributed by atoms with Crippen LogP contribution in [0.25, 0.3) is 0 Å². The Balaban J connectivity index is 1.86. The number of hydrogen-bond acceptors (Lipinski definition) is 5. The van der Waals surface area contributed by atoms with Crippen LogP contribution in [0, 0.1) is 0 Å². The van der Waals surface area contributed by atoms with Crippen molar-refractivity contribution in [1.29, 1.82) is 0 Å². The van der Waals surface area contributed by atoms with E-state index in [4.69, 9.17) is 0 Å². The standard InChI is InChI=1S/C13H16N4O/c1-14-12-8-13(17-9-16-12)15-7-6-10-2-4-11(18)5-3-10/h2-5,8-9,18H,6-7H2,1H3,(H2,14,15,16,17). The molecule has 5 nitrogen and oxygen atoms in total. The maximum Gasteiger partial charge on any atom is 0.131 e. The fourth-order valence-electron chi connectivity index (χ4n) is 1.59. The SMILES string of the molecule is CNc1cc(NCCc2ccc(O)cc2)ncn1. The third-order valence-corrected chi connectivity index (χ3v) is 2.58. The second-order valence-corrected chi connectivity index (χ2v) is 3.88. The molecule has 0 aliphatic rings. The molecule has 0 bridgehead atoms. The summed E-state index contributed by atoms with van der Waals surface area (Å²) < 4.78 is 0. The summed E-state index contributed by atoms with van der Waals surface area (Å²) in [7, 11) is 1.82. The van der Waals surface area contributed by atoms with E-state index in [9.17, 15) is 5.11 Å². The molecule has 0 aliphatic carbocycles. The largest absolute Gasteiger partial charge is 0.508 e. The zero-order valence-electron chi connectivity index (χ0n) is 10.2. The average molecular weight is 244 g/mol. The number of nitrogens with zero attached hydrogens (tertiary/aromatic N) is 2. The van der Waals surface area contributed by atoms with Crippen molar-refractivity contribution in [1.82, 2.24) is 9.97 Å². The van der Waals surface area contributed by atoms with Gasteiger partial charge in [0.05, 0.1) is 0 Å². The Labute approximate surface area is 106 Å². The highest BCUT2D eigenvalue weighted by molar-refractivity contribution is 5.45. The molecule has 1 aromatic carbocycles. The Morgan fingerprint density at radius 1 is 1.11 bits per heavy atom. The second-order valence-electron chi connectivity index (χ2n) is 3.88. The summed E-state index contributed by atoms with van der Waals surface area (Å²) in [4.78, 5) is 8.17. The van der Waals surface area contributed by atoms with E-state index in [1.807, 2.05) is 25.2 Å². The van der Waals surface area contributed by atoms with Gasteiger partial charge in [-0.2, -0.15) is 0 Å². The number of hydrogen-bond donors (Lipinski definition) is 3. The van der Waals surface area contributed by atoms with Crippen LogP contribution < -0.4 is 10.6 Å². The van der Waals surface area contributed by atoms with Gasteiger partial charge in [0.1, 0.15) is 23.7 Å². The molecule has 0 atom stereocenters. The zero-order valence-corrected chi connectivity index (χ0v) is 10.2. The number of anilines is 2. The minimum atomic E-state index is 0.293. The summed E-state index contributed by atoms with van der Waals surface area (Å²) in [6.07, 6.45) is 2.40. The summed E-state index contributed by atoms with van der Waals surface area (Å²) in [5.74, 6) is 1.88. The van der Waals surface area contributed by atoms with E-state index in [2.05, 4.69) is 20.6 Å². The lowest BCUT2D eigenvalue weighted by atomic mass is 10.1. The molecule has 2 aromatic rings. The predicted molar refractivity (Wildman–Crippen MR) is 71.9 cm³/mol. The Morgan fingerprint density at radius 3 is 2.56 bits per heavy atom. The van der Waals surface area contributed by atoms with Gasteiger partial charge in [-0.3, -0.25) is 0 Å². The van der Waals surface area contributed by atoms with E-state index in [0.29, 0.717) is 5.75 Å². The molecule has 0 fully saturated rings. The van der Waals surface area contributed by atoms with E-state index in [1.165, 1.54) is 11.9 Å². The predicted octanol–water partition coefficient (Wildman–Crippen LogP) is 1.88. The Hall–Kier alpha value is -2.30. The minimum Gasteiger partial charge on any atom is -0.508 e. The molecular weight excluding hydrogens is 228 g/mol. The van der Waals surface area contributed by atoms with Gasteiger partial charge < -0.3 is 15.7 Å². The van der Waals surface area contributed by atoms with Crippen LogP contribution in [0.15, 0.2) is 36.7 Å². The van der Waals surface area contributed by atoms with Crippen LogP contribution in [0.5, 0.6) is 5.75 Å². The van der Waals surface area contributed by atoms with Crippen LogP contribution >= 0.6 is 0 Å². The van der Waals surface area contributed by atoms with Gasteiger partial charge >= 0.3 is 0 Å². The molecule has 0 amide bonds. The molecule has 0 saturated carbocycles. The Bertz CT molecular complexity index is 499. The molecule has 3 N–H and O–H groups in total. The summed E-state index contributed by atoms with van der Waals surface area (Å²) >= 11 is 0. The number of phenolic OH excluding ortho intramolecular Hbond substituents is 1. The Morgan fingerprint density at radius 2 is 1.83 bits per heavy atom. The third kappa shape index (κ3) is 3.35. The molecule has 0 spiro atoms. The van der Waals surface area contributed by atoms with Gasteiger partial charge in [-0.05, 0) is 24.1 Å². The smallest absolute Gasteiger partial charge is 0.131 e. The molecule has 94 valence electrons.